The van der Waals surface area contributed by atoms with Crippen LogP contribution < -0.4 is 5.32 Å². The predicted octanol–water partition coefficient (Wildman–Crippen LogP) is 2.61. The Morgan fingerprint density at radius 2 is 1.67 bits per heavy atom. The summed E-state index contributed by atoms with van der Waals surface area (Å²) in [5.41, 5.74) is -0.110. The average molecular weight is 292 g/mol. The number of amides is 2. The number of hydrogen-bond donors (Lipinski definition) is 1. The SMILES string of the molecule is CC1C(=O)NC(C2CCCCC2)C(=O)N1C1(C)CCCC1. The molecule has 3 aliphatic rings. The van der Waals surface area contributed by atoms with E-state index in [1.807, 2.05) is 11.8 Å². The lowest BCUT2D eigenvalue weighted by atomic mass is 9.81. The number of piperazine rings is 1. The molecule has 1 saturated heterocycles. The molecule has 0 bridgehead atoms. The van der Waals surface area contributed by atoms with Crippen molar-refractivity contribution in [3.63, 3.8) is 0 Å². The van der Waals surface area contributed by atoms with E-state index in [1.54, 1.807) is 0 Å². The van der Waals surface area contributed by atoms with Gasteiger partial charge in [0, 0.05) is 5.54 Å². The highest BCUT2D eigenvalue weighted by Crippen LogP contribution is 2.39. The fourth-order valence-corrected chi connectivity index (χ4v) is 4.69. The average Bonchev–Trinajstić information content (AvgIpc) is 2.91. The van der Waals surface area contributed by atoms with Crippen LogP contribution in [0, 0.1) is 5.92 Å². The summed E-state index contributed by atoms with van der Waals surface area (Å²) in [4.78, 5) is 27.4. The number of hydrogen-bond acceptors (Lipinski definition) is 2. The van der Waals surface area contributed by atoms with Gasteiger partial charge in [-0.05, 0) is 45.4 Å². The highest BCUT2D eigenvalue weighted by molar-refractivity contribution is 5.97. The van der Waals surface area contributed by atoms with Gasteiger partial charge in [0.05, 0.1) is 0 Å². The summed E-state index contributed by atoms with van der Waals surface area (Å²) in [5, 5.41) is 3.03. The Balaban J connectivity index is 1.84. The van der Waals surface area contributed by atoms with Crippen LogP contribution in [0.3, 0.4) is 0 Å². The Morgan fingerprint density at radius 3 is 2.29 bits per heavy atom. The molecule has 3 fully saturated rings. The minimum Gasteiger partial charge on any atom is -0.342 e. The third kappa shape index (κ3) is 2.58. The number of nitrogens with one attached hydrogen (secondary N) is 1. The first kappa shape index (κ1) is 14.9. The molecule has 0 spiro atoms. The molecule has 1 heterocycles. The van der Waals surface area contributed by atoms with Crippen LogP contribution >= 0.6 is 0 Å². The Bertz CT molecular complexity index is 423. The first-order valence-corrected chi connectivity index (χ1v) is 8.66. The molecule has 2 atom stereocenters. The zero-order chi connectivity index (χ0) is 15.0. The summed E-state index contributed by atoms with van der Waals surface area (Å²) in [6.45, 7) is 4.05. The second-order valence-electron chi connectivity index (χ2n) is 7.47. The van der Waals surface area contributed by atoms with Gasteiger partial charge in [0.2, 0.25) is 11.8 Å². The van der Waals surface area contributed by atoms with Gasteiger partial charge in [-0.25, -0.2) is 0 Å². The molecule has 3 rings (SSSR count). The molecule has 1 N–H and O–H groups in total. The maximum absolute atomic E-state index is 13.1. The van der Waals surface area contributed by atoms with Gasteiger partial charge in [0.1, 0.15) is 12.1 Å². The van der Waals surface area contributed by atoms with E-state index in [4.69, 9.17) is 0 Å². The predicted molar refractivity (Wildman–Crippen MR) is 81.7 cm³/mol. The van der Waals surface area contributed by atoms with Crippen molar-refractivity contribution >= 4 is 11.8 Å². The van der Waals surface area contributed by atoms with E-state index in [0.717, 1.165) is 25.7 Å². The molecule has 2 amide bonds. The number of carbonyl (C=O) groups is 2. The monoisotopic (exact) mass is 292 g/mol. The first-order chi connectivity index (χ1) is 10.0. The standard InChI is InChI=1S/C17H28N2O2/c1-12-15(20)18-14(13-8-4-3-5-9-13)16(21)19(12)17(2)10-6-7-11-17/h12-14H,3-11H2,1-2H3,(H,18,20). The summed E-state index contributed by atoms with van der Waals surface area (Å²) in [6.07, 6.45) is 10.2. The van der Waals surface area contributed by atoms with E-state index < -0.39 is 0 Å². The van der Waals surface area contributed by atoms with Gasteiger partial charge in [-0.2, -0.15) is 0 Å². The third-order valence-electron chi connectivity index (χ3n) is 5.95. The Kier molecular flexibility index (Phi) is 3.98. The molecule has 118 valence electrons. The number of nitrogens with zero attached hydrogens (tertiary/aromatic N) is 1. The molecular weight excluding hydrogens is 264 g/mol. The van der Waals surface area contributed by atoms with Crippen molar-refractivity contribution in [1.82, 2.24) is 10.2 Å². The number of carbonyl (C=O) groups excluding carboxylic acids is 2. The zero-order valence-electron chi connectivity index (χ0n) is 13.4. The van der Waals surface area contributed by atoms with Crippen LogP contribution in [0.25, 0.3) is 0 Å². The molecule has 0 radical (unpaired) electrons. The van der Waals surface area contributed by atoms with Crippen LogP contribution in [0.4, 0.5) is 0 Å². The minimum absolute atomic E-state index is 0.0401. The smallest absolute Gasteiger partial charge is 0.246 e. The Labute approximate surface area is 127 Å². The summed E-state index contributed by atoms with van der Waals surface area (Å²) in [7, 11) is 0. The molecule has 4 nitrogen and oxygen atoms in total. The lowest BCUT2D eigenvalue weighted by Gasteiger charge is -2.48. The molecule has 1 aliphatic heterocycles. The quantitative estimate of drug-likeness (QED) is 0.850. The van der Waals surface area contributed by atoms with Crippen molar-refractivity contribution in [2.45, 2.75) is 89.3 Å². The number of rotatable bonds is 2. The lowest BCUT2D eigenvalue weighted by Crippen LogP contribution is -2.69. The van der Waals surface area contributed by atoms with Gasteiger partial charge in [-0.1, -0.05) is 32.1 Å². The minimum atomic E-state index is -0.319. The van der Waals surface area contributed by atoms with Gasteiger partial charge >= 0.3 is 0 Å². The van der Waals surface area contributed by atoms with Crippen LogP contribution in [-0.4, -0.2) is 34.3 Å². The lowest BCUT2D eigenvalue weighted by molar-refractivity contribution is -0.157. The molecule has 0 aromatic heterocycles. The normalized spacial score (nSPS) is 34.1. The highest BCUT2D eigenvalue weighted by Gasteiger charge is 2.49. The van der Waals surface area contributed by atoms with E-state index in [-0.39, 0.29) is 29.4 Å². The van der Waals surface area contributed by atoms with Crippen molar-refractivity contribution in [3.8, 4) is 0 Å². The third-order valence-corrected chi connectivity index (χ3v) is 5.95. The fourth-order valence-electron chi connectivity index (χ4n) is 4.69. The summed E-state index contributed by atoms with van der Waals surface area (Å²) in [6, 6.07) is -0.591. The van der Waals surface area contributed by atoms with E-state index in [1.165, 1.54) is 32.1 Å². The van der Waals surface area contributed by atoms with Gasteiger partial charge in [-0.3, -0.25) is 9.59 Å². The van der Waals surface area contributed by atoms with Crippen molar-refractivity contribution < 1.29 is 9.59 Å². The first-order valence-electron chi connectivity index (χ1n) is 8.66. The molecular formula is C17H28N2O2. The summed E-state index contributed by atoms with van der Waals surface area (Å²) < 4.78 is 0. The topological polar surface area (TPSA) is 49.4 Å². The van der Waals surface area contributed by atoms with Crippen LogP contribution in [0.5, 0.6) is 0 Å². The molecule has 4 heteroatoms. The van der Waals surface area contributed by atoms with Gasteiger partial charge in [0.25, 0.3) is 0 Å². The van der Waals surface area contributed by atoms with Gasteiger partial charge in [0.15, 0.2) is 0 Å². The van der Waals surface area contributed by atoms with Crippen LogP contribution in [0.15, 0.2) is 0 Å². The maximum atomic E-state index is 13.1. The fraction of sp³-hybridized carbons (Fsp3) is 0.882. The van der Waals surface area contributed by atoms with Crippen molar-refractivity contribution in [2.24, 2.45) is 5.92 Å². The van der Waals surface area contributed by atoms with Gasteiger partial charge < -0.3 is 10.2 Å². The summed E-state index contributed by atoms with van der Waals surface area (Å²) in [5.74, 6) is 0.562. The second kappa shape index (κ2) is 5.62. The van der Waals surface area contributed by atoms with Crippen LogP contribution in [0.2, 0.25) is 0 Å². The molecule has 0 aromatic carbocycles. The van der Waals surface area contributed by atoms with Gasteiger partial charge in [-0.15, -0.1) is 0 Å². The second-order valence-corrected chi connectivity index (χ2v) is 7.47. The van der Waals surface area contributed by atoms with E-state index >= 15 is 0 Å². The highest BCUT2D eigenvalue weighted by atomic mass is 16.2. The summed E-state index contributed by atoms with van der Waals surface area (Å²) >= 11 is 0. The molecule has 21 heavy (non-hydrogen) atoms. The molecule has 0 aromatic rings. The Morgan fingerprint density at radius 1 is 1.05 bits per heavy atom. The zero-order valence-corrected chi connectivity index (χ0v) is 13.4. The molecule has 2 aliphatic carbocycles. The van der Waals surface area contributed by atoms with E-state index in [0.29, 0.717) is 5.92 Å². The van der Waals surface area contributed by atoms with E-state index in [9.17, 15) is 9.59 Å². The van der Waals surface area contributed by atoms with Crippen molar-refractivity contribution in [3.05, 3.63) is 0 Å². The maximum Gasteiger partial charge on any atom is 0.246 e. The molecule has 2 unspecified atom stereocenters. The van der Waals surface area contributed by atoms with E-state index in [2.05, 4.69) is 12.2 Å². The largest absolute Gasteiger partial charge is 0.342 e. The Hall–Kier alpha value is -1.06. The van der Waals surface area contributed by atoms with Crippen molar-refractivity contribution in [2.75, 3.05) is 0 Å². The molecule has 2 saturated carbocycles. The van der Waals surface area contributed by atoms with Crippen molar-refractivity contribution in [1.29, 1.82) is 0 Å². The van der Waals surface area contributed by atoms with Crippen LogP contribution in [-0.2, 0) is 9.59 Å². The van der Waals surface area contributed by atoms with Crippen LogP contribution in [0.1, 0.15) is 71.6 Å².